The average Bonchev–Trinajstić information content (AvgIpc) is 3.13. The molecule has 0 aliphatic carbocycles. The van der Waals surface area contributed by atoms with Crippen molar-refractivity contribution in [2.24, 2.45) is 0 Å². The molecule has 1 saturated heterocycles. The van der Waals surface area contributed by atoms with Crippen LogP contribution in [0.3, 0.4) is 0 Å². The highest BCUT2D eigenvalue weighted by atomic mass is 19.4. The summed E-state index contributed by atoms with van der Waals surface area (Å²) in [5.41, 5.74) is 1.32. The number of benzene rings is 3. The number of aryl methyl sites for hydroxylation is 1. The molecule has 1 unspecified atom stereocenters. The first-order chi connectivity index (χ1) is 17.5. The zero-order chi connectivity index (χ0) is 26.9. The van der Waals surface area contributed by atoms with Gasteiger partial charge in [0.1, 0.15) is 23.0 Å². The van der Waals surface area contributed by atoms with Crippen molar-refractivity contribution in [2.45, 2.75) is 19.3 Å². The van der Waals surface area contributed by atoms with Gasteiger partial charge in [0.2, 0.25) is 0 Å². The number of methoxy groups -OCH3 is 2. The molecule has 1 amide bonds. The fourth-order valence-corrected chi connectivity index (χ4v) is 4.21. The third kappa shape index (κ3) is 5.09. The second-order valence-corrected chi connectivity index (χ2v) is 8.17. The topological polar surface area (TPSA) is 85.3 Å². The largest absolute Gasteiger partial charge is 0.573 e. The molecule has 4 rings (SSSR count). The smallest absolute Gasteiger partial charge is 0.507 e. The zero-order valence-corrected chi connectivity index (χ0v) is 20.0. The summed E-state index contributed by atoms with van der Waals surface area (Å²) in [6.45, 7) is 1.72. The van der Waals surface area contributed by atoms with Crippen molar-refractivity contribution in [3.63, 3.8) is 0 Å². The van der Waals surface area contributed by atoms with Crippen LogP contribution >= 0.6 is 0 Å². The Labute approximate surface area is 210 Å². The van der Waals surface area contributed by atoms with E-state index in [9.17, 15) is 27.9 Å². The van der Waals surface area contributed by atoms with Crippen molar-refractivity contribution < 1.29 is 42.1 Å². The van der Waals surface area contributed by atoms with Gasteiger partial charge in [0.15, 0.2) is 0 Å². The number of carbonyl (C=O) groups is 2. The molecule has 0 radical (unpaired) electrons. The Bertz CT molecular complexity index is 1380. The minimum atomic E-state index is -4.89. The second-order valence-electron chi connectivity index (χ2n) is 8.17. The third-order valence-corrected chi connectivity index (χ3v) is 5.89. The fourth-order valence-electron chi connectivity index (χ4n) is 4.21. The number of rotatable bonds is 6. The maximum Gasteiger partial charge on any atom is 0.573 e. The molecule has 1 atom stereocenters. The second kappa shape index (κ2) is 9.88. The molecule has 0 bridgehead atoms. The number of nitrogens with zero attached hydrogens (tertiary/aromatic N) is 1. The first-order valence-corrected chi connectivity index (χ1v) is 11.0. The van der Waals surface area contributed by atoms with E-state index in [-0.39, 0.29) is 11.3 Å². The van der Waals surface area contributed by atoms with E-state index in [0.717, 1.165) is 17.0 Å². The highest BCUT2D eigenvalue weighted by Crippen LogP contribution is 2.43. The number of ether oxygens (including phenoxy) is 3. The molecule has 1 aliphatic rings. The van der Waals surface area contributed by atoms with Gasteiger partial charge in [-0.3, -0.25) is 14.5 Å². The SMILES string of the molecule is COc1cccc(C2/C(=C(/O)c3ccc(OC)cc3C)C(=O)C(=O)N2c2ccc(OC(F)(F)F)cc2)c1. The molecule has 1 N–H and O–H groups in total. The van der Waals surface area contributed by atoms with Crippen molar-refractivity contribution in [1.82, 2.24) is 0 Å². The Morgan fingerprint density at radius 2 is 1.51 bits per heavy atom. The number of ketones is 1. The number of aliphatic hydroxyl groups is 1. The van der Waals surface area contributed by atoms with E-state index in [1.165, 1.54) is 26.4 Å². The predicted octanol–water partition coefficient (Wildman–Crippen LogP) is 5.54. The third-order valence-electron chi connectivity index (χ3n) is 5.89. The van der Waals surface area contributed by atoms with Crippen LogP contribution < -0.4 is 19.1 Å². The van der Waals surface area contributed by atoms with Gasteiger partial charge in [-0.2, -0.15) is 0 Å². The highest BCUT2D eigenvalue weighted by Gasteiger charge is 2.47. The molecular formula is C27H22F3NO6. The quantitative estimate of drug-likeness (QED) is 0.265. The molecule has 3 aromatic rings. The predicted molar refractivity (Wildman–Crippen MR) is 129 cm³/mol. The summed E-state index contributed by atoms with van der Waals surface area (Å²) in [6.07, 6.45) is -4.89. The highest BCUT2D eigenvalue weighted by molar-refractivity contribution is 6.51. The summed E-state index contributed by atoms with van der Waals surface area (Å²) >= 11 is 0. The van der Waals surface area contributed by atoms with Crippen LogP contribution in [0.25, 0.3) is 5.76 Å². The van der Waals surface area contributed by atoms with Crippen molar-refractivity contribution in [3.8, 4) is 17.2 Å². The van der Waals surface area contributed by atoms with Crippen molar-refractivity contribution in [2.75, 3.05) is 19.1 Å². The fraction of sp³-hybridized carbons (Fsp3) is 0.185. The van der Waals surface area contributed by atoms with Crippen molar-refractivity contribution >= 4 is 23.1 Å². The van der Waals surface area contributed by atoms with Gasteiger partial charge in [-0.25, -0.2) is 0 Å². The summed E-state index contributed by atoms with van der Waals surface area (Å²) in [7, 11) is 2.95. The standard InChI is InChI=1S/C27H22F3NO6/c1-15-13-20(36-3)11-12-21(15)24(32)22-23(16-5-4-6-19(14-16)35-2)31(26(34)25(22)33)17-7-9-18(10-8-17)37-27(28,29)30/h4-14,23,32H,1-3H3/b24-22-. The number of anilines is 1. The lowest BCUT2D eigenvalue weighted by molar-refractivity contribution is -0.274. The van der Waals surface area contributed by atoms with E-state index in [1.807, 2.05) is 0 Å². The number of Topliss-reactive ketones (excluding diaryl/α,β-unsaturated/α-hetero) is 1. The number of hydrogen-bond donors (Lipinski definition) is 1. The molecule has 10 heteroatoms. The lowest BCUT2D eigenvalue weighted by Gasteiger charge is -2.26. The molecule has 37 heavy (non-hydrogen) atoms. The summed E-state index contributed by atoms with van der Waals surface area (Å²) in [5.74, 6) is -1.80. The van der Waals surface area contributed by atoms with Gasteiger partial charge in [-0.15, -0.1) is 13.2 Å². The van der Waals surface area contributed by atoms with Gasteiger partial charge in [-0.05, 0) is 72.6 Å². The van der Waals surface area contributed by atoms with E-state index in [0.29, 0.717) is 28.2 Å². The van der Waals surface area contributed by atoms with Crippen molar-refractivity contribution in [3.05, 3.63) is 89.0 Å². The first-order valence-electron chi connectivity index (χ1n) is 11.0. The summed E-state index contributed by atoms with van der Waals surface area (Å²) < 4.78 is 52.2. The van der Waals surface area contributed by atoms with Gasteiger partial charge in [0, 0.05) is 11.3 Å². The van der Waals surface area contributed by atoms with Crippen LogP contribution in [0.5, 0.6) is 17.2 Å². The number of carbonyl (C=O) groups excluding carboxylic acids is 2. The van der Waals surface area contributed by atoms with E-state index in [2.05, 4.69) is 4.74 Å². The molecule has 0 spiro atoms. The molecule has 0 aromatic heterocycles. The molecular weight excluding hydrogens is 491 g/mol. The van der Waals surface area contributed by atoms with Gasteiger partial charge < -0.3 is 19.3 Å². The van der Waals surface area contributed by atoms with Crippen LogP contribution in [-0.4, -0.2) is 37.4 Å². The minimum absolute atomic E-state index is 0.134. The van der Waals surface area contributed by atoms with Crippen LogP contribution in [0, 0.1) is 6.92 Å². The van der Waals surface area contributed by atoms with Gasteiger partial charge in [0.05, 0.1) is 25.8 Å². The molecule has 1 heterocycles. The molecule has 1 fully saturated rings. The van der Waals surface area contributed by atoms with Gasteiger partial charge in [-0.1, -0.05) is 12.1 Å². The lowest BCUT2D eigenvalue weighted by atomic mass is 9.93. The van der Waals surface area contributed by atoms with Crippen LogP contribution in [0.15, 0.2) is 72.3 Å². The maximum absolute atomic E-state index is 13.3. The zero-order valence-electron chi connectivity index (χ0n) is 20.0. The van der Waals surface area contributed by atoms with Crippen LogP contribution in [0.1, 0.15) is 22.7 Å². The Balaban J connectivity index is 1.89. The van der Waals surface area contributed by atoms with Crippen LogP contribution in [0.4, 0.5) is 18.9 Å². The normalized spacial score (nSPS) is 17.1. The summed E-state index contributed by atoms with van der Waals surface area (Å²) in [4.78, 5) is 27.7. The minimum Gasteiger partial charge on any atom is -0.507 e. The Hall–Kier alpha value is -4.47. The molecule has 1 aliphatic heterocycles. The maximum atomic E-state index is 13.3. The molecule has 0 saturated carbocycles. The first kappa shape index (κ1) is 25.6. The number of alkyl halides is 3. The molecule has 3 aromatic carbocycles. The van der Waals surface area contributed by atoms with Gasteiger partial charge in [0.25, 0.3) is 11.7 Å². The monoisotopic (exact) mass is 513 g/mol. The number of amides is 1. The Morgan fingerprint density at radius 1 is 0.892 bits per heavy atom. The van der Waals surface area contributed by atoms with E-state index in [4.69, 9.17) is 9.47 Å². The van der Waals surface area contributed by atoms with E-state index < -0.39 is 35.6 Å². The lowest BCUT2D eigenvalue weighted by Crippen LogP contribution is -2.29. The van der Waals surface area contributed by atoms with Crippen LogP contribution in [0.2, 0.25) is 0 Å². The van der Waals surface area contributed by atoms with E-state index in [1.54, 1.807) is 49.4 Å². The van der Waals surface area contributed by atoms with Crippen LogP contribution in [-0.2, 0) is 9.59 Å². The number of halogens is 3. The number of aliphatic hydroxyl groups excluding tert-OH is 1. The van der Waals surface area contributed by atoms with E-state index >= 15 is 0 Å². The summed E-state index contributed by atoms with van der Waals surface area (Å²) in [5, 5.41) is 11.3. The van der Waals surface area contributed by atoms with Gasteiger partial charge >= 0.3 is 6.36 Å². The van der Waals surface area contributed by atoms with Crippen molar-refractivity contribution in [1.29, 1.82) is 0 Å². The Kier molecular flexibility index (Phi) is 6.84. The number of hydrogen-bond acceptors (Lipinski definition) is 6. The molecule has 7 nitrogen and oxygen atoms in total. The average molecular weight is 513 g/mol. The Morgan fingerprint density at radius 3 is 2.11 bits per heavy atom. The molecule has 192 valence electrons. The summed E-state index contributed by atoms with van der Waals surface area (Å²) in [6, 6.07) is 14.9.